The zero-order valence-corrected chi connectivity index (χ0v) is 20.4. The van der Waals surface area contributed by atoms with Crippen LogP contribution in [0.4, 0.5) is 0 Å². The van der Waals surface area contributed by atoms with Gasteiger partial charge in [-0.05, 0) is 77.3 Å². The van der Waals surface area contributed by atoms with Crippen molar-refractivity contribution in [2.75, 3.05) is 0 Å². The van der Waals surface area contributed by atoms with E-state index in [-0.39, 0.29) is 18.3 Å². The molecule has 150 valence electrons. The molecular formula is C23H25BO2S3. The summed E-state index contributed by atoms with van der Waals surface area (Å²) in [5.41, 5.74) is 4.82. The number of aryl methyl sites for hydroxylation is 3. The van der Waals surface area contributed by atoms with Gasteiger partial charge in [0, 0.05) is 19.1 Å². The number of rotatable bonds is 2. The van der Waals surface area contributed by atoms with E-state index in [2.05, 4.69) is 72.7 Å². The van der Waals surface area contributed by atoms with E-state index >= 15 is 0 Å². The SMILES string of the molecule is Cc1cc(C)c(-c2cc3sc4cc(B5OC(C)(C)C(C)(C)O5)sc4c3s2)c(C)c1. The van der Waals surface area contributed by atoms with Crippen molar-refractivity contribution in [3.8, 4) is 10.4 Å². The number of benzene rings is 1. The molecule has 0 radical (unpaired) electrons. The first kappa shape index (κ1) is 19.8. The van der Waals surface area contributed by atoms with Crippen LogP contribution in [-0.4, -0.2) is 18.3 Å². The van der Waals surface area contributed by atoms with Crippen molar-refractivity contribution >= 4 is 64.7 Å². The average molecular weight is 440 g/mol. The van der Waals surface area contributed by atoms with E-state index in [0.717, 1.165) is 0 Å². The van der Waals surface area contributed by atoms with Gasteiger partial charge in [0.2, 0.25) is 0 Å². The highest BCUT2D eigenvalue weighted by Gasteiger charge is 2.52. The molecule has 1 aliphatic heterocycles. The summed E-state index contributed by atoms with van der Waals surface area (Å²) in [4.78, 5) is 1.37. The third-order valence-electron chi connectivity index (χ3n) is 6.25. The summed E-state index contributed by atoms with van der Waals surface area (Å²) in [6.45, 7) is 15.1. The Hall–Kier alpha value is -1.18. The molecule has 0 N–H and O–H groups in total. The van der Waals surface area contributed by atoms with Gasteiger partial charge in [-0.15, -0.1) is 34.0 Å². The lowest BCUT2D eigenvalue weighted by Crippen LogP contribution is -2.41. The van der Waals surface area contributed by atoms with E-state index in [4.69, 9.17) is 9.31 Å². The monoisotopic (exact) mass is 440 g/mol. The summed E-state index contributed by atoms with van der Waals surface area (Å²) in [6.07, 6.45) is 0. The highest BCUT2D eigenvalue weighted by molar-refractivity contribution is 7.41. The standard InChI is InChI=1S/C23H25BO2S3/c1-12-8-13(2)19(14(3)9-12)15-10-16-20(28-15)21-17(27-16)11-18(29-21)24-25-22(4,5)23(6,7)26-24/h8-11H,1-7H3. The molecule has 1 fully saturated rings. The zero-order chi connectivity index (χ0) is 20.7. The van der Waals surface area contributed by atoms with Gasteiger partial charge in [-0.3, -0.25) is 0 Å². The Labute approximate surface area is 184 Å². The predicted molar refractivity (Wildman–Crippen MR) is 130 cm³/mol. The topological polar surface area (TPSA) is 18.5 Å². The van der Waals surface area contributed by atoms with Crippen LogP contribution in [0.25, 0.3) is 29.2 Å². The number of hydrogen-bond donors (Lipinski definition) is 0. The van der Waals surface area contributed by atoms with Crippen LogP contribution in [0.1, 0.15) is 44.4 Å². The third-order valence-corrected chi connectivity index (χ3v) is 10.1. The summed E-state index contributed by atoms with van der Waals surface area (Å²) in [5.74, 6) is 0. The first-order valence-electron chi connectivity index (χ1n) is 9.95. The van der Waals surface area contributed by atoms with Crippen LogP contribution < -0.4 is 4.78 Å². The van der Waals surface area contributed by atoms with Crippen LogP contribution in [-0.2, 0) is 9.31 Å². The summed E-state index contributed by atoms with van der Waals surface area (Å²) >= 11 is 5.62. The summed E-state index contributed by atoms with van der Waals surface area (Å²) in [6, 6.07) is 9.21. The van der Waals surface area contributed by atoms with Gasteiger partial charge in [0.25, 0.3) is 0 Å². The predicted octanol–water partition coefficient (Wildman–Crippen LogP) is 7.07. The van der Waals surface area contributed by atoms with Crippen LogP contribution in [0.2, 0.25) is 0 Å². The zero-order valence-electron chi connectivity index (χ0n) is 17.9. The summed E-state index contributed by atoms with van der Waals surface area (Å²) < 4.78 is 19.2. The fraction of sp³-hybridized carbons (Fsp3) is 0.391. The molecule has 6 heteroatoms. The Morgan fingerprint density at radius 3 is 1.90 bits per heavy atom. The van der Waals surface area contributed by atoms with Crippen LogP contribution in [0.3, 0.4) is 0 Å². The second-order valence-corrected chi connectivity index (χ2v) is 12.3. The molecular weight excluding hydrogens is 415 g/mol. The van der Waals surface area contributed by atoms with E-state index in [1.165, 1.54) is 50.7 Å². The lowest BCUT2D eigenvalue weighted by molar-refractivity contribution is 0.00578. The number of hydrogen-bond acceptors (Lipinski definition) is 5. The average Bonchev–Trinajstić information content (AvgIpc) is 3.26. The largest absolute Gasteiger partial charge is 0.505 e. The molecule has 29 heavy (non-hydrogen) atoms. The van der Waals surface area contributed by atoms with E-state index in [0.29, 0.717) is 0 Å². The molecule has 1 saturated heterocycles. The second-order valence-electron chi connectivity index (χ2n) is 9.11. The van der Waals surface area contributed by atoms with Gasteiger partial charge in [-0.1, -0.05) is 17.7 Å². The minimum atomic E-state index is -0.305. The van der Waals surface area contributed by atoms with E-state index in [9.17, 15) is 0 Å². The smallest absolute Gasteiger partial charge is 0.399 e. The van der Waals surface area contributed by atoms with Crippen molar-refractivity contribution in [3.63, 3.8) is 0 Å². The fourth-order valence-electron chi connectivity index (χ4n) is 4.12. The Kier molecular flexibility index (Phi) is 4.37. The second kappa shape index (κ2) is 6.41. The minimum absolute atomic E-state index is 0.277. The molecule has 4 heterocycles. The maximum atomic E-state index is 6.27. The Balaban J connectivity index is 1.57. The molecule has 0 bridgehead atoms. The van der Waals surface area contributed by atoms with Crippen LogP contribution in [0, 0.1) is 20.8 Å². The molecule has 0 saturated carbocycles. The number of thiophene rings is 3. The van der Waals surface area contributed by atoms with Gasteiger partial charge in [-0.25, -0.2) is 0 Å². The van der Waals surface area contributed by atoms with Crippen molar-refractivity contribution in [2.24, 2.45) is 0 Å². The first-order chi connectivity index (χ1) is 13.6. The van der Waals surface area contributed by atoms with Crippen molar-refractivity contribution in [1.82, 2.24) is 0 Å². The number of fused-ring (bicyclic) bond motifs is 3. The van der Waals surface area contributed by atoms with Crippen LogP contribution in [0.5, 0.6) is 0 Å². The maximum absolute atomic E-state index is 6.27. The summed E-state index contributed by atoms with van der Waals surface area (Å²) in [5, 5.41) is 0. The Bertz CT molecular complexity index is 1220. The van der Waals surface area contributed by atoms with Gasteiger partial charge in [0.15, 0.2) is 0 Å². The van der Waals surface area contributed by atoms with Crippen molar-refractivity contribution in [1.29, 1.82) is 0 Å². The normalized spacial score (nSPS) is 18.4. The fourth-order valence-corrected chi connectivity index (χ4v) is 8.29. The lowest BCUT2D eigenvalue weighted by atomic mass is 9.88. The summed E-state index contributed by atoms with van der Waals surface area (Å²) in [7, 11) is -0.277. The molecule has 2 nitrogen and oxygen atoms in total. The van der Waals surface area contributed by atoms with Crippen LogP contribution in [0.15, 0.2) is 24.3 Å². The van der Waals surface area contributed by atoms with Crippen molar-refractivity contribution < 1.29 is 9.31 Å². The first-order valence-corrected chi connectivity index (χ1v) is 12.4. The molecule has 0 spiro atoms. The molecule has 3 aromatic heterocycles. The third kappa shape index (κ3) is 3.03. The van der Waals surface area contributed by atoms with Gasteiger partial charge >= 0.3 is 7.12 Å². The molecule has 4 aromatic rings. The highest BCUT2D eigenvalue weighted by Crippen LogP contribution is 2.46. The lowest BCUT2D eigenvalue weighted by Gasteiger charge is -2.32. The quantitative estimate of drug-likeness (QED) is 0.311. The molecule has 0 amide bonds. The molecule has 0 unspecified atom stereocenters. The Morgan fingerprint density at radius 1 is 0.724 bits per heavy atom. The molecule has 5 rings (SSSR count). The minimum Gasteiger partial charge on any atom is -0.399 e. The Morgan fingerprint density at radius 2 is 1.28 bits per heavy atom. The van der Waals surface area contributed by atoms with Gasteiger partial charge in [0.1, 0.15) is 0 Å². The highest BCUT2D eigenvalue weighted by atomic mass is 32.1. The molecule has 0 atom stereocenters. The van der Waals surface area contributed by atoms with E-state index < -0.39 is 0 Å². The van der Waals surface area contributed by atoms with Gasteiger partial charge < -0.3 is 9.31 Å². The van der Waals surface area contributed by atoms with Crippen LogP contribution >= 0.6 is 34.0 Å². The maximum Gasteiger partial charge on any atom is 0.505 e. The van der Waals surface area contributed by atoms with Crippen molar-refractivity contribution in [2.45, 2.75) is 59.7 Å². The van der Waals surface area contributed by atoms with Crippen molar-refractivity contribution in [3.05, 3.63) is 41.0 Å². The van der Waals surface area contributed by atoms with E-state index in [1.54, 1.807) is 0 Å². The van der Waals surface area contributed by atoms with Gasteiger partial charge in [0.05, 0.1) is 20.6 Å². The molecule has 0 aliphatic carbocycles. The molecule has 1 aromatic carbocycles. The van der Waals surface area contributed by atoms with Gasteiger partial charge in [-0.2, -0.15) is 0 Å². The van der Waals surface area contributed by atoms with E-state index in [1.807, 2.05) is 34.0 Å². The molecule has 1 aliphatic rings.